The molecular weight excluding hydrogens is 311 g/mol. The number of hydrogen-bond acceptors (Lipinski definition) is 2. The predicted octanol–water partition coefficient (Wildman–Crippen LogP) is 1.15. The number of aryl methyl sites for hydroxylation is 1. The van der Waals surface area contributed by atoms with E-state index in [4.69, 9.17) is 0 Å². The highest BCUT2D eigenvalue weighted by molar-refractivity contribution is 14.1. The van der Waals surface area contributed by atoms with Gasteiger partial charge in [0.15, 0.2) is 3.70 Å². The molecule has 0 aliphatic rings. The van der Waals surface area contributed by atoms with Gasteiger partial charge in [-0.05, 0) is 38.5 Å². The van der Waals surface area contributed by atoms with Crippen LogP contribution in [0.25, 0.3) is 0 Å². The largest absolute Gasteiger partial charge is 0.314 e. The summed E-state index contributed by atoms with van der Waals surface area (Å²) in [5, 5.41) is 0. The van der Waals surface area contributed by atoms with Gasteiger partial charge < -0.3 is 4.57 Å². The van der Waals surface area contributed by atoms with Crippen molar-refractivity contribution in [2.45, 2.75) is 0 Å². The standard InChI is InChI=1S/C5H4BrIN2O/c1-9-2-3(6)8-4(7)5(9)10/h2H,1H3. The van der Waals surface area contributed by atoms with Crippen molar-refractivity contribution >= 4 is 38.5 Å². The molecule has 0 amide bonds. The Balaban J connectivity index is 3.46. The Morgan fingerprint density at radius 2 is 2.40 bits per heavy atom. The smallest absolute Gasteiger partial charge is 0.282 e. The first-order chi connectivity index (χ1) is 4.61. The minimum absolute atomic E-state index is 0.0659. The van der Waals surface area contributed by atoms with Crippen LogP contribution in [0, 0.1) is 3.70 Å². The fourth-order valence-corrected chi connectivity index (χ4v) is 1.99. The van der Waals surface area contributed by atoms with Crippen molar-refractivity contribution in [1.82, 2.24) is 9.55 Å². The fraction of sp³-hybridized carbons (Fsp3) is 0.200. The van der Waals surface area contributed by atoms with Crippen molar-refractivity contribution in [3.05, 3.63) is 24.9 Å². The molecular formula is C5H4BrIN2O. The maximum Gasteiger partial charge on any atom is 0.282 e. The quantitative estimate of drug-likeness (QED) is 0.673. The Morgan fingerprint density at radius 1 is 1.80 bits per heavy atom. The zero-order valence-corrected chi connectivity index (χ0v) is 8.88. The van der Waals surface area contributed by atoms with Crippen LogP contribution in [0.5, 0.6) is 0 Å². The van der Waals surface area contributed by atoms with Gasteiger partial charge in [0.2, 0.25) is 0 Å². The Morgan fingerprint density at radius 3 is 2.90 bits per heavy atom. The van der Waals surface area contributed by atoms with Crippen molar-refractivity contribution in [1.29, 1.82) is 0 Å². The van der Waals surface area contributed by atoms with Gasteiger partial charge >= 0.3 is 0 Å². The maximum absolute atomic E-state index is 11.0. The molecule has 3 nitrogen and oxygen atoms in total. The Labute approximate surface area is 79.7 Å². The van der Waals surface area contributed by atoms with E-state index in [0.29, 0.717) is 8.30 Å². The molecule has 0 aliphatic heterocycles. The van der Waals surface area contributed by atoms with Crippen molar-refractivity contribution in [2.24, 2.45) is 7.05 Å². The molecule has 0 aliphatic carbocycles. The third-order valence-corrected chi connectivity index (χ3v) is 2.09. The van der Waals surface area contributed by atoms with Crippen LogP contribution >= 0.6 is 38.5 Å². The molecule has 54 valence electrons. The molecule has 0 aromatic carbocycles. The predicted molar refractivity (Wildman–Crippen MR) is 49.9 cm³/mol. The minimum atomic E-state index is -0.0659. The first-order valence-electron chi connectivity index (χ1n) is 2.50. The highest BCUT2D eigenvalue weighted by Crippen LogP contribution is 2.03. The molecule has 5 heteroatoms. The second-order valence-electron chi connectivity index (χ2n) is 1.77. The Bertz CT molecular complexity index is 283. The third kappa shape index (κ3) is 1.57. The SMILES string of the molecule is Cn1cc(Br)nc(I)c1=O. The summed E-state index contributed by atoms with van der Waals surface area (Å²) < 4.78 is 2.65. The summed E-state index contributed by atoms with van der Waals surface area (Å²) in [6.07, 6.45) is 1.63. The van der Waals surface area contributed by atoms with Crippen LogP contribution in [0.4, 0.5) is 0 Å². The van der Waals surface area contributed by atoms with E-state index in [0.717, 1.165) is 0 Å². The minimum Gasteiger partial charge on any atom is -0.314 e. The average Bonchev–Trinajstić information content (AvgIpc) is 1.82. The highest BCUT2D eigenvalue weighted by Gasteiger charge is 1.99. The van der Waals surface area contributed by atoms with Gasteiger partial charge in [-0.1, -0.05) is 0 Å². The molecule has 0 atom stereocenters. The monoisotopic (exact) mass is 314 g/mol. The zero-order valence-electron chi connectivity index (χ0n) is 5.14. The van der Waals surface area contributed by atoms with Gasteiger partial charge in [0, 0.05) is 13.2 Å². The van der Waals surface area contributed by atoms with Gasteiger partial charge in [0.05, 0.1) is 0 Å². The van der Waals surface area contributed by atoms with E-state index in [2.05, 4.69) is 20.9 Å². The molecule has 0 fully saturated rings. The number of aromatic nitrogens is 2. The molecule has 1 rings (SSSR count). The van der Waals surface area contributed by atoms with Gasteiger partial charge in [-0.2, -0.15) is 0 Å². The van der Waals surface area contributed by atoms with E-state index < -0.39 is 0 Å². The molecule has 10 heavy (non-hydrogen) atoms. The van der Waals surface area contributed by atoms with Gasteiger partial charge in [-0.3, -0.25) is 4.79 Å². The first kappa shape index (κ1) is 8.19. The lowest BCUT2D eigenvalue weighted by molar-refractivity contribution is 0.819. The van der Waals surface area contributed by atoms with Crippen LogP contribution in [-0.2, 0) is 7.05 Å². The lowest BCUT2D eigenvalue weighted by Crippen LogP contribution is -2.20. The average molecular weight is 315 g/mol. The van der Waals surface area contributed by atoms with E-state index in [1.165, 1.54) is 4.57 Å². The van der Waals surface area contributed by atoms with Crippen LogP contribution in [0.1, 0.15) is 0 Å². The Kier molecular flexibility index (Phi) is 2.45. The molecule has 0 unspecified atom stereocenters. The number of rotatable bonds is 0. The number of halogens is 2. The highest BCUT2D eigenvalue weighted by atomic mass is 127. The third-order valence-electron chi connectivity index (χ3n) is 1.00. The summed E-state index contributed by atoms with van der Waals surface area (Å²) in [4.78, 5) is 14.9. The lowest BCUT2D eigenvalue weighted by atomic mass is 10.7. The normalized spacial score (nSPS) is 9.90. The topological polar surface area (TPSA) is 34.9 Å². The molecule has 1 aromatic heterocycles. The van der Waals surface area contributed by atoms with Crippen LogP contribution in [0.2, 0.25) is 0 Å². The Hall–Kier alpha value is 0.0900. The summed E-state index contributed by atoms with van der Waals surface area (Å²) >= 11 is 5.07. The van der Waals surface area contributed by atoms with Gasteiger partial charge in [-0.25, -0.2) is 4.98 Å². The van der Waals surface area contributed by atoms with Gasteiger partial charge in [0.25, 0.3) is 5.56 Å². The molecule has 0 saturated carbocycles. The van der Waals surface area contributed by atoms with Gasteiger partial charge in [0.1, 0.15) is 4.60 Å². The molecule has 0 radical (unpaired) electrons. The summed E-state index contributed by atoms with van der Waals surface area (Å²) in [5.41, 5.74) is -0.0659. The van der Waals surface area contributed by atoms with E-state index in [1.54, 1.807) is 13.2 Å². The van der Waals surface area contributed by atoms with Crippen LogP contribution in [-0.4, -0.2) is 9.55 Å². The molecule has 0 saturated heterocycles. The van der Waals surface area contributed by atoms with E-state index in [9.17, 15) is 4.79 Å². The van der Waals surface area contributed by atoms with E-state index in [-0.39, 0.29) is 5.56 Å². The molecule has 1 heterocycles. The van der Waals surface area contributed by atoms with Crippen molar-refractivity contribution in [3.8, 4) is 0 Å². The second-order valence-corrected chi connectivity index (χ2v) is 3.60. The van der Waals surface area contributed by atoms with Gasteiger partial charge in [-0.15, -0.1) is 0 Å². The summed E-state index contributed by atoms with van der Waals surface area (Å²) in [7, 11) is 1.69. The van der Waals surface area contributed by atoms with Crippen molar-refractivity contribution in [3.63, 3.8) is 0 Å². The number of hydrogen-bond donors (Lipinski definition) is 0. The first-order valence-corrected chi connectivity index (χ1v) is 4.37. The molecule has 0 spiro atoms. The molecule has 0 N–H and O–H groups in total. The maximum atomic E-state index is 11.0. The second kappa shape index (κ2) is 3.00. The summed E-state index contributed by atoms with van der Waals surface area (Å²) in [6, 6.07) is 0. The van der Waals surface area contributed by atoms with E-state index >= 15 is 0 Å². The molecule has 0 bridgehead atoms. The zero-order chi connectivity index (χ0) is 7.72. The number of nitrogens with zero attached hydrogens (tertiary/aromatic N) is 2. The van der Waals surface area contributed by atoms with Crippen LogP contribution < -0.4 is 5.56 Å². The van der Waals surface area contributed by atoms with E-state index in [1.807, 2.05) is 22.6 Å². The summed E-state index contributed by atoms with van der Waals surface area (Å²) in [6.45, 7) is 0. The fourth-order valence-electron chi connectivity index (χ4n) is 0.534. The van der Waals surface area contributed by atoms with Crippen LogP contribution in [0.15, 0.2) is 15.6 Å². The van der Waals surface area contributed by atoms with Crippen LogP contribution in [0.3, 0.4) is 0 Å². The summed E-state index contributed by atoms with van der Waals surface area (Å²) in [5.74, 6) is 0. The molecule has 1 aromatic rings. The van der Waals surface area contributed by atoms with Crippen molar-refractivity contribution < 1.29 is 0 Å². The van der Waals surface area contributed by atoms with Crippen molar-refractivity contribution in [2.75, 3.05) is 0 Å². The lowest BCUT2D eigenvalue weighted by Gasteiger charge is -1.96.